The van der Waals surface area contributed by atoms with Crippen LogP contribution in [0.25, 0.3) is 57.5 Å². The van der Waals surface area contributed by atoms with Gasteiger partial charge in [-0.05, 0) is 112 Å². The number of hydrogen-bond donors (Lipinski definition) is 2. The Kier molecular flexibility index (Phi) is 7.81. The first kappa shape index (κ1) is 26.7. The zero-order valence-corrected chi connectivity index (χ0v) is 24.9. The maximum absolute atomic E-state index is 4.63. The second kappa shape index (κ2) is 11.4. The largest absolute Gasteiger partial charge is 0.0619 e. The average Bonchev–Trinajstić information content (AvgIpc) is 3.73. The Balaban J connectivity index is 0.000000175. The third kappa shape index (κ3) is 5.74. The first-order valence-corrected chi connectivity index (χ1v) is 12.5. The van der Waals surface area contributed by atoms with E-state index in [0.29, 0.717) is 0 Å². The molecule has 190 valence electrons. The number of hydrogen-bond acceptors (Lipinski definition) is 2. The van der Waals surface area contributed by atoms with E-state index in [2.05, 4.69) is 92.7 Å². The van der Waals surface area contributed by atoms with Crippen LogP contribution in [-0.4, -0.2) is 54.8 Å². The smallest absolute Gasteiger partial charge is 0.00135 e. The van der Waals surface area contributed by atoms with Crippen LogP contribution in [-0.2, 0) is 6.42 Å². The molecule has 2 N–H and O–H groups in total. The molecule has 6 heteroatoms. The molecule has 3 aromatic heterocycles. The molecule has 0 unspecified atom stereocenters. The minimum Gasteiger partial charge on any atom is -0.0619 e. The summed E-state index contributed by atoms with van der Waals surface area (Å²) in [4.78, 5) is 16.0. The molecular formula is C33H30N4SiSn. The second-order valence-corrected chi connectivity index (χ2v) is 9.40. The Labute approximate surface area is 248 Å². The summed E-state index contributed by atoms with van der Waals surface area (Å²) in [5.74, 6) is 0. The van der Waals surface area contributed by atoms with Crippen molar-refractivity contribution in [1.82, 2.24) is 19.9 Å². The predicted octanol–water partition coefficient (Wildman–Crippen LogP) is 5.55. The second-order valence-electron chi connectivity index (χ2n) is 9.40. The topological polar surface area (TPSA) is 57.4 Å². The number of aromatic nitrogens is 4. The van der Waals surface area contributed by atoms with Gasteiger partial charge in [-0.3, -0.25) is 0 Å². The van der Waals surface area contributed by atoms with E-state index in [1.807, 2.05) is 48.6 Å². The van der Waals surface area contributed by atoms with Crippen molar-refractivity contribution in [2.45, 2.75) is 6.42 Å². The van der Waals surface area contributed by atoms with Gasteiger partial charge in [-0.2, -0.15) is 0 Å². The molecule has 0 atom stereocenters. The van der Waals surface area contributed by atoms with E-state index in [0.717, 1.165) is 51.3 Å². The number of fused-ring (bicyclic) bond motifs is 11. The third-order valence-corrected chi connectivity index (χ3v) is 6.75. The van der Waals surface area contributed by atoms with Crippen LogP contribution < -0.4 is 0 Å². The van der Waals surface area contributed by atoms with E-state index < -0.39 is 0 Å². The number of benzene rings is 2. The van der Waals surface area contributed by atoms with Crippen molar-refractivity contribution in [1.29, 1.82) is 0 Å². The summed E-state index contributed by atoms with van der Waals surface area (Å²) in [5.41, 5.74) is 13.6. The molecule has 39 heavy (non-hydrogen) atoms. The quantitative estimate of drug-likeness (QED) is 0.217. The Bertz CT molecular complexity index is 1660. The van der Waals surface area contributed by atoms with Crippen molar-refractivity contribution >= 4 is 81.2 Å². The van der Waals surface area contributed by atoms with Crippen LogP contribution in [0.4, 0.5) is 0 Å². The summed E-state index contributed by atoms with van der Waals surface area (Å²) in [5, 5.41) is 0. The number of rotatable bonds is 0. The molecule has 8 bridgehead atoms. The molecule has 1 aliphatic carbocycles. The summed E-state index contributed by atoms with van der Waals surface area (Å²) >= 11 is 0. The number of H-pyrrole nitrogens is 2. The maximum atomic E-state index is 4.63. The van der Waals surface area contributed by atoms with Gasteiger partial charge < -0.3 is 9.97 Å². The summed E-state index contributed by atoms with van der Waals surface area (Å²) in [6.45, 7) is 0. The summed E-state index contributed by atoms with van der Waals surface area (Å²) in [6, 6.07) is 33.7. The van der Waals surface area contributed by atoms with Crippen molar-refractivity contribution in [2.75, 3.05) is 0 Å². The molecular weight excluding hydrogens is 599 g/mol. The molecule has 0 saturated carbocycles. The van der Waals surface area contributed by atoms with Crippen molar-refractivity contribution in [2.24, 2.45) is 0 Å². The van der Waals surface area contributed by atoms with Crippen LogP contribution in [0.3, 0.4) is 0 Å². The standard InChI is InChI=1S/C20H14N4.C13H10.H4Si.Sn.2H/c1-2-14-10-16-5-6-18(23-16)12-20-8-7-19(24-20)11-17-4-3-15(22-17)9-13(1)21-14;1-3-7-12-10(5-1)9-11-6-2-4-8-13(11)12;;;;/h1-12,21,24H;1-8H,9H2;1H4;;;. The van der Waals surface area contributed by atoms with E-state index in [1.54, 1.807) is 0 Å². The van der Waals surface area contributed by atoms with Gasteiger partial charge in [0.2, 0.25) is 0 Å². The summed E-state index contributed by atoms with van der Waals surface area (Å²) in [6.07, 6.45) is 9.19. The zero-order valence-electron chi connectivity index (χ0n) is 20.9. The molecule has 2 radical (unpaired) electrons. The van der Waals surface area contributed by atoms with Crippen LogP contribution in [0.15, 0.2) is 97.1 Å². The van der Waals surface area contributed by atoms with Crippen molar-refractivity contribution in [3.63, 3.8) is 0 Å². The average molecular weight is 629 g/mol. The van der Waals surface area contributed by atoms with Gasteiger partial charge in [0.05, 0.1) is 22.8 Å². The van der Waals surface area contributed by atoms with Gasteiger partial charge >= 0.3 is 23.9 Å². The molecule has 2 aliphatic heterocycles. The molecule has 4 nitrogen and oxygen atoms in total. The molecule has 5 heterocycles. The Hall–Kier alpha value is -3.94. The van der Waals surface area contributed by atoms with Gasteiger partial charge in [0.1, 0.15) is 0 Å². The molecule has 3 aliphatic rings. The number of nitrogens with one attached hydrogen (secondary N) is 2. The Morgan fingerprint density at radius 3 is 1.15 bits per heavy atom. The van der Waals surface area contributed by atoms with Gasteiger partial charge in [-0.1, -0.05) is 48.5 Å². The van der Waals surface area contributed by atoms with Crippen LogP contribution >= 0.6 is 0 Å². The van der Waals surface area contributed by atoms with E-state index in [1.165, 1.54) is 22.3 Å². The van der Waals surface area contributed by atoms with Gasteiger partial charge in [0, 0.05) is 22.1 Å². The molecule has 0 spiro atoms. The fourth-order valence-corrected chi connectivity index (χ4v) is 5.02. The fourth-order valence-electron chi connectivity index (χ4n) is 5.02. The van der Waals surface area contributed by atoms with Crippen LogP contribution in [0.1, 0.15) is 33.9 Å². The summed E-state index contributed by atoms with van der Waals surface area (Å²) < 4.78 is 0. The molecule has 0 amide bonds. The normalized spacial score (nSPS) is 11.9. The fraction of sp³-hybridized carbons (Fsp3) is 0.0303. The monoisotopic (exact) mass is 630 g/mol. The van der Waals surface area contributed by atoms with Crippen molar-refractivity contribution in [3.05, 3.63) is 131 Å². The maximum Gasteiger partial charge on any atom is -0.00135 e. The first-order chi connectivity index (χ1) is 18.2. The minimum absolute atomic E-state index is 0. The van der Waals surface area contributed by atoms with Gasteiger partial charge in [0.15, 0.2) is 0 Å². The SMILES string of the molecule is C1=Cc2cc3ccc(cc4nc(cc5ccc(cc1n2)[nH]5)C=C4)[nH]3.[SiH4].[SnH2].c1ccc2c(c1)Cc1ccccc1-2. The minimum atomic E-state index is 0. The van der Waals surface area contributed by atoms with E-state index in [-0.39, 0.29) is 34.9 Å². The Morgan fingerprint density at radius 1 is 0.462 bits per heavy atom. The van der Waals surface area contributed by atoms with Crippen LogP contribution in [0.2, 0.25) is 0 Å². The van der Waals surface area contributed by atoms with Gasteiger partial charge in [-0.25, -0.2) is 9.97 Å². The van der Waals surface area contributed by atoms with E-state index in [4.69, 9.17) is 0 Å². The first-order valence-electron chi connectivity index (χ1n) is 12.5. The molecule has 8 rings (SSSR count). The van der Waals surface area contributed by atoms with Gasteiger partial charge in [0.25, 0.3) is 0 Å². The van der Waals surface area contributed by atoms with Crippen molar-refractivity contribution in [3.8, 4) is 11.1 Å². The Morgan fingerprint density at radius 2 is 0.795 bits per heavy atom. The van der Waals surface area contributed by atoms with Crippen LogP contribution in [0, 0.1) is 0 Å². The molecule has 2 aromatic carbocycles. The predicted molar refractivity (Wildman–Crippen MR) is 173 cm³/mol. The zero-order chi connectivity index (χ0) is 24.6. The van der Waals surface area contributed by atoms with Gasteiger partial charge in [-0.15, -0.1) is 0 Å². The third-order valence-electron chi connectivity index (χ3n) is 6.75. The summed E-state index contributed by atoms with van der Waals surface area (Å²) in [7, 11) is 0. The van der Waals surface area contributed by atoms with E-state index in [9.17, 15) is 0 Å². The number of nitrogens with zero attached hydrogens (tertiary/aromatic N) is 2. The molecule has 5 aromatic rings. The number of aromatic amines is 2. The van der Waals surface area contributed by atoms with Crippen molar-refractivity contribution < 1.29 is 0 Å². The van der Waals surface area contributed by atoms with Crippen LogP contribution in [0.5, 0.6) is 0 Å². The van der Waals surface area contributed by atoms with E-state index >= 15 is 0 Å². The molecule has 0 fully saturated rings. The molecule has 0 saturated heterocycles.